The quantitative estimate of drug-likeness (QED) is 0.549. The number of nitrogens with one attached hydrogen (secondary N) is 1. The summed E-state index contributed by atoms with van der Waals surface area (Å²) in [7, 11) is 0. The Morgan fingerprint density at radius 3 is 2.80 bits per heavy atom. The van der Waals surface area contributed by atoms with Gasteiger partial charge in [0, 0.05) is 6.04 Å². The summed E-state index contributed by atoms with van der Waals surface area (Å²) in [6.45, 7) is 3.48. The first-order chi connectivity index (χ1) is 4.70. The molecule has 0 radical (unpaired) electrons. The number of hydrogen-bond acceptors (Lipinski definition) is 2. The highest BCUT2D eigenvalue weighted by Gasteiger charge is 2.00. The van der Waals surface area contributed by atoms with Crippen molar-refractivity contribution in [1.29, 1.82) is 0 Å². The van der Waals surface area contributed by atoms with Gasteiger partial charge in [-0.2, -0.15) is 0 Å². The minimum Gasteiger partial charge on any atom is -0.394 e. The monoisotopic (exact) mass is 143 g/mol. The van der Waals surface area contributed by atoms with E-state index in [0.717, 1.165) is 0 Å². The van der Waals surface area contributed by atoms with Crippen molar-refractivity contribution in [3.05, 3.63) is 12.2 Å². The van der Waals surface area contributed by atoms with Crippen molar-refractivity contribution >= 4 is 5.91 Å². The van der Waals surface area contributed by atoms with Crippen LogP contribution >= 0.6 is 0 Å². The van der Waals surface area contributed by atoms with Crippen LogP contribution < -0.4 is 5.32 Å². The summed E-state index contributed by atoms with van der Waals surface area (Å²) in [6.07, 6.45) is 3.07. The standard InChI is InChI=1S/C7H13NO2/c1-3-4-7(10)8-6(2)5-9/h3-4,6,9H,5H2,1-2H3,(H,8,10)/t6-/m0/s1. The Hall–Kier alpha value is -0.830. The molecule has 2 N–H and O–H groups in total. The second-order valence-corrected chi connectivity index (χ2v) is 2.09. The lowest BCUT2D eigenvalue weighted by atomic mass is 10.3. The van der Waals surface area contributed by atoms with E-state index < -0.39 is 0 Å². The molecule has 0 aliphatic rings. The molecule has 0 aliphatic heterocycles. The van der Waals surface area contributed by atoms with Gasteiger partial charge in [-0.3, -0.25) is 4.79 Å². The maximum atomic E-state index is 10.7. The summed E-state index contributed by atoms with van der Waals surface area (Å²) in [5.74, 6) is -0.163. The summed E-state index contributed by atoms with van der Waals surface area (Å²) < 4.78 is 0. The molecule has 0 fully saturated rings. The van der Waals surface area contributed by atoms with Gasteiger partial charge in [0.1, 0.15) is 0 Å². The maximum Gasteiger partial charge on any atom is 0.243 e. The molecule has 1 atom stereocenters. The van der Waals surface area contributed by atoms with Crippen LogP contribution in [0.2, 0.25) is 0 Å². The third-order valence-corrected chi connectivity index (χ3v) is 0.981. The van der Waals surface area contributed by atoms with Crippen LogP contribution in [0.4, 0.5) is 0 Å². The number of aliphatic hydroxyl groups is 1. The molecule has 0 rings (SSSR count). The second kappa shape index (κ2) is 4.99. The van der Waals surface area contributed by atoms with Crippen LogP contribution in [-0.4, -0.2) is 23.7 Å². The average molecular weight is 143 g/mol. The van der Waals surface area contributed by atoms with E-state index in [-0.39, 0.29) is 18.6 Å². The van der Waals surface area contributed by atoms with E-state index in [2.05, 4.69) is 5.32 Å². The molecule has 0 bridgehead atoms. The molecule has 3 heteroatoms. The lowest BCUT2D eigenvalue weighted by Crippen LogP contribution is -2.33. The molecule has 10 heavy (non-hydrogen) atoms. The maximum absolute atomic E-state index is 10.7. The predicted octanol–water partition coefficient (Wildman–Crippen LogP) is 0.0595. The van der Waals surface area contributed by atoms with Crippen molar-refractivity contribution in [2.45, 2.75) is 19.9 Å². The molecule has 0 saturated heterocycles. The molecule has 0 aromatic carbocycles. The van der Waals surface area contributed by atoms with Gasteiger partial charge in [-0.15, -0.1) is 0 Å². The number of amides is 1. The molecule has 0 unspecified atom stereocenters. The van der Waals surface area contributed by atoms with Gasteiger partial charge in [0.25, 0.3) is 0 Å². The molecule has 1 amide bonds. The zero-order chi connectivity index (χ0) is 7.98. The topological polar surface area (TPSA) is 49.3 Å². The van der Waals surface area contributed by atoms with Gasteiger partial charge in [0.2, 0.25) is 5.91 Å². The molecule has 0 heterocycles. The Bertz CT molecular complexity index is 132. The Labute approximate surface area is 60.7 Å². The third-order valence-electron chi connectivity index (χ3n) is 0.981. The van der Waals surface area contributed by atoms with Gasteiger partial charge >= 0.3 is 0 Å². The molecule has 3 nitrogen and oxygen atoms in total. The predicted molar refractivity (Wildman–Crippen MR) is 39.5 cm³/mol. The van der Waals surface area contributed by atoms with E-state index in [1.807, 2.05) is 0 Å². The number of hydrogen-bond donors (Lipinski definition) is 2. The van der Waals surface area contributed by atoms with E-state index in [4.69, 9.17) is 5.11 Å². The Morgan fingerprint density at radius 2 is 2.40 bits per heavy atom. The lowest BCUT2D eigenvalue weighted by molar-refractivity contribution is -0.117. The molecule has 0 aromatic rings. The Kier molecular flexibility index (Phi) is 4.58. The van der Waals surface area contributed by atoms with Crippen molar-refractivity contribution in [1.82, 2.24) is 5.32 Å². The summed E-state index contributed by atoms with van der Waals surface area (Å²) in [4.78, 5) is 10.7. The fraction of sp³-hybridized carbons (Fsp3) is 0.571. The Balaban J connectivity index is 3.57. The first kappa shape index (κ1) is 9.17. The molecular weight excluding hydrogens is 130 g/mol. The van der Waals surface area contributed by atoms with Crippen molar-refractivity contribution in [3.63, 3.8) is 0 Å². The molecule has 0 spiro atoms. The van der Waals surface area contributed by atoms with Gasteiger partial charge in [0.05, 0.1) is 6.61 Å². The summed E-state index contributed by atoms with van der Waals surface area (Å²) in [6, 6.07) is -0.163. The average Bonchev–Trinajstić information content (AvgIpc) is 1.88. The number of carbonyl (C=O) groups is 1. The van der Waals surface area contributed by atoms with E-state index in [9.17, 15) is 4.79 Å². The fourth-order valence-electron chi connectivity index (χ4n) is 0.488. The summed E-state index contributed by atoms with van der Waals surface area (Å²) in [5, 5.41) is 11.1. The summed E-state index contributed by atoms with van der Waals surface area (Å²) in [5.41, 5.74) is 0. The number of allylic oxidation sites excluding steroid dienone is 1. The molecule has 58 valence electrons. The van der Waals surface area contributed by atoms with Gasteiger partial charge < -0.3 is 10.4 Å². The minimum absolute atomic E-state index is 0.0245. The molecule has 0 aromatic heterocycles. The molecular formula is C7H13NO2. The van der Waals surface area contributed by atoms with Crippen LogP contribution in [0.15, 0.2) is 12.2 Å². The zero-order valence-electron chi connectivity index (χ0n) is 6.29. The smallest absolute Gasteiger partial charge is 0.243 e. The van der Waals surface area contributed by atoms with E-state index in [1.54, 1.807) is 19.9 Å². The summed E-state index contributed by atoms with van der Waals surface area (Å²) >= 11 is 0. The van der Waals surface area contributed by atoms with E-state index in [1.165, 1.54) is 6.08 Å². The van der Waals surface area contributed by atoms with Crippen LogP contribution in [0, 0.1) is 0 Å². The van der Waals surface area contributed by atoms with Gasteiger partial charge in [-0.05, 0) is 19.9 Å². The number of rotatable bonds is 3. The fourth-order valence-corrected chi connectivity index (χ4v) is 0.488. The largest absolute Gasteiger partial charge is 0.394 e. The first-order valence-corrected chi connectivity index (χ1v) is 3.24. The van der Waals surface area contributed by atoms with E-state index >= 15 is 0 Å². The van der Waals surface area contributed by atoms with Crippen LogP contribution in [0.1, 0.15) is 13.8 Å². The third kappa shape index (κ3) is 4.09. The van der Waals surface area contributed by atoms with Gasteiger partial charge in [-0.1, -0.05) is 6.08 Å². The molecule has 0 aliphatic carbocycles. The van der Waals surface area contributed by atoms with Crippen molar-refractivity contribution < 1.29 is 9.90 Å². The van der Waals surface area contributed by atoms with Crippen LogP contribution in [0.5, 0.6) is 0 Å². The zero-order valence-corrected chi connectivity index (χ0v) is 6.29. The highest BCUT2D eigenvalue weighted by Crippen LogP contribution is 1.79. The first-order valence-electron chi connectivity index (χ1n) is 3.24. The SMILES string of the molecule is CC=CC(=O)N[C@@H](C)CO. The van der Waals surface area contributed by atoms with Crippen molar-refractivity contribution in [3.8, 4) is 0 Å². The van der Waals surface area contributed by atoms with Crippen LogP contribution in [-0.2, 0) is 4.79 Å². The second-order valence-electron chi connectivity index (χ2n) is 2.09. The number of carbonyl (C=O) groups excluding carboxylic acids is 1. The normalized spacial score (nSPS) is 13.5. The van der Waals surface area contributed by atoms with Gasteiger partial charge in [0.15, 0.2) is 0 Å². The van der Waals surface area contributed by atoms with Crippen molar-refractivity contribution in [2.24, 2.45) is 0 Å². The highest BCUT2D eigenvalue weighted by atomic mass is 16.3. The number of aliphatic hydroxyl groups excluding tert-OH is 1. The minimum atomic E-state index is -0.163. The highest BCUT2D eigenvalue weighted by molar-refractivity contribution is 5.87. The van der Waals surface area contributed by atoms with Crippen LogP contribution in [0.3, 0.4) is 0 Å². The van der Waals surface area contributed by atoms with E-state index in [0.29, 0.717) is 0 Å². The van der Waals surface area contributed by atoms with Gasteiger partial charge in [-0.25, -0.2) is 0 Å². The lowest BCUT2D eigenvalue weighted by Gasteiger charge is -2.07. The van der Waals surface area contributed by atoms with Crippen molar-refractivity contribution in [2.75, 3.05) is 6.61 Å². The van der Waals surface area contributed by atoms with Crippen LogP contribution in [0.25, 0.3) is 0 Å². The molecule has 0 saturated carbocycles. The Morgan fingerprint density at radius 1 is 1.80 bits per heavy atom.